The second-order valence-electron chi connectivity index (χ2n) is 5.33. The fourth-order valence-corrected chi connectivity index (χ4v) is 2.05. The summed E-state index contributed by atoms with van der Waals surface area (Å²) in [6.45, 7) is 4.23. The van der Waals surface area contributed by atoms with Gasteiger partial charge in [0.05, 0.1) is 6.17 Å². The second kappa shape index (κ2) is 14.6. The van der Waals surface area contributed by atoms with Crippen LogP contribution < -0.4 is 11.1 Å². The molecule has 0 spiro atoms. The molecule has 0 bridgehead atoms. The SMILES string of the molecule is CCCCCCCCCCCCC=CNC(C)N. The van der Waals surface area contributed by atoms with Crippen LogP contribution in [0.3, 0.4) is 0 Å². The van der Waals surface area contributed by atoms with Crippen molar-refractivity contribution in [3.63, 3.8) is 0 Å². The predicted molar refractivity (Wildman–Crippen MR) is 82.4 cm³/mol. The minimum Gasteiger partial charge on any atom is -0.376 e. The quantitative estimate of drug-likeness (QED) is 0.369. The van der Waals surface area contributed by atoms with Crippen molar-refractivity contribution in [2.75, 3.05) is 0 Å². The van der Waals surface area contributed by atoms with Crippen LogP contribution in [0.5, 0.6) is 0 Å². The van der Waals surface area contributed by atoms with E-state index in [2.05, 4.69) is 18.3 Å². The molecule has 0 aromatic heterocycles. The van der Waals surface area contributed by atoms with E-state index in [1.807, 2.05) is 13.1 Å². The van der Waals surface area contributed by atoms with Gasteiger partial charge in [0.1, 0.15) is 0 Å². The van der Waals surface area contributed by atoms with Gasteiger partial charge in [0.2, 0.25) is 0 Å². The monoisotopic (exact) mass is 254 g/mol. The number of rotatable bonds is 13. The summed E-state index contributed by atoms with van der Waals surface area (Å²) in [6.07, 6.45) is 19.5. The number of nitrogens with one attached hydrogen (secondary N) is 1. The molecule has 1 atom stereocenters. The predicted octanol–water partition coefficient (Wildman–Crippen LogP) is 4.71. The van der Waals surface area contributed by atoms with Crippen LogP contribution in [0.4, 0.5) is 0 Å². The summed E-state index contributed by atoms with van der Waals surface area (Å²) in [5, 5.41) is 3.08. The molecule has 18 heavy (non-hydrogen) atoms. The first-order valence-corrected chi connectivity index (χ1v) is 7.94. The highest BCUT2D eigenvalue weighted by Crippen LogP contribution is 2.11. The molecule has 0 saturated heterocycles. The van der Waals surface area contributed by atoms with E-state index in [1.54, 1.807) is 0 Å². The highest BCUT2D eigenvalue weighted by molar-refractivity contribution is 4.80. The van der Waals surface area contributed by atoms with Gasteiger partial charge in [-0.1, -0.05) is 70.8 Å². The van der Waals surface area contributed by atoms with Crippen molar-refractivity contribution >= 4 is 0 Å². The summed E-state index contributed by atoms with van der Waals surface area (Å²) in [7, 11) is 0. The van der Waals surface area contributed by atoms with Crippen molar-refractivity contribution < 1.29 is 0 Å². The highest BCUT2D eigenvalue weighted by atomic mass is 15.0. The van der Waals surface area contributed by atoms with E-state index in [9.17, 15) is 0 Å². The maximum atomic E-state index is 5.57. The zero-order valence-electron chi connectivity index (χ0n) is 12.6. The highest BCUT2D eigenvalue weighted by Gasteiger charge is 1.91. The van der Waals surface area contributed by atoms with Crippen molar-refractivity contribution in [3.8, 4) is 0 Å². The van der Waals surface area contributed by atoms with Gasteiger partial charge in [0.25, 0.3) is 0 Å². The fourth-order valence-electron chi connectivity index (χ4n) is 2.05. The molecule has 0 heterocycles. The van der Waals surface area contributed by atoms with Gasteiger partial charge in [-0.3, -0.25) is 0 Å². The van der Waals surface area contributed by atoms with Gasteiger partial charge in [-0.25, -0.2) is 0 Å². The number of unbranched alkanes of at least 4 members (excludes halogenated alkanes) is 10. The Morgan fingerprint density at radius 1 is 0.889 bits per heavy atom. The van der Waals surface area contributed by atoms with E-state index in [-0.39, 0.29) is 6.17 Å². The summed E-state index contributed by atoms with van der Waals surface area (Å²) < 4.78 is 0. The molecule has 0 aliphatic heterocycles. The van der Waals surface area contributed by atoms with Crippen molar-refractivity contribution in [2.24, 2.45) is 5.73 Å². The number of hydrogen-bond donors (Lipinski definition) is 2. The lowest BCUT2D eigenvalue weighted by Crippen LogP contribution is -2.29. The molecule has 108 valence electrons. The molecule has 0 amide bonds. The molecular formula is C16H34N2. The molecule has 0 aromatic rings. The van der Waals surface area contributed by atoms with E-state index >= 15 is 0 Å². The van der Waals surface area contributed by atoms with Crippen LogP contribution in [0.2, 0.25) is 0 Å². The molecular weight excluding hydrogens is 220 g/mol. The zero-order chi connectivity index (χ0) is 13.5. The van der Waals surface area contributed by atoms with Crippen molar-refractivity contribution in [3.05, 3.63) is 12.3 Å². The lowest BCUT2D eigenvalue weighted by Gasteiger charge is -2.03. The smallest absolute Gasteiger partial charge is 0.0709 e. The average molecular weight is 254 g/mol. The Labute approximate surface area is 114 Å². The van der Waals surface area contributed by atoms with Crippen molar-refractivity contribution in [1.29, 1.82) is 0 Å². The lowest BCUT2D eigenvalue weighted by atomic mass is 10.1. The van der Waals surface area contributed by atoms with Crippen LogP contribution in [-0.4, -0.2) is 6.17 Å². The van der Waals surface area contributed by atoms with Crippen LogP contribution in [-0.2, 0) is 0 Å². The Morgan fingerprint density at radius 3 is 1.89 bits per heavy atom. The van der Waals surface area contributed by atoms with Gasteiger partial charge >= 0.3 is 0 Å². The minimum absolute atomic E-state index is 0.0639. The van der Waals surface area contributed by atoms with E-state index < -0.39 is 0 Å². The van der Waals surface area contributed by atoms with E-state index in [0.29, 0.717) is 0 Å². The minimum atomic E-state index is 0.0639. The molecule has 1 unspecified atom stereocenters. The van der Waals surface area contributed by atoms with E-state index in [1.165, 1.54) is 70.6 Å². The van der Waals surface area contributed by atoms with Crippen LogP contribution in [0.15, 0.2) is 12.3 Å². The second-order valence-corrected chi connectivity index (χ2v) is 5.33. The van der Waals surface area contributed by atoms with Crippen molar-refractivity contribution in [1.82, 2.24) is 5.32 Å². The topological polar surface area (TPSA) is 38.0 Å². The Morgan fingerprint density at radius 2 is 1.39 bits per heavy atom. The van der Waals surface area contributed by atoms with Gasteiger partial charge in [-0.15, -0.1) is 0 Å². The number of nitrogens with two attached hydrogens (primary N) is 1. The van der Waals surface area contributed by atoms with Gasteiger partial charge in [-0.05, 0) is 26.0 Å². The Hall–Kier alpha value is -0.500. The van der Waals surface area contributed by atoms with Gasteiger partial charge in [0, 0.05) is 0 Å². The number of hydrogen-bond acceptors (Lipinski definition) is 2. The van der Waals surface area contributed by atoms with Gasteiger partial charge in [0.15, 0.2) is 0 Å². The normalized spacial score (nSPS) is 13.1. The first-order chi connectivity index (χ1) is 8.77. The third kappa shape index (κ3) is 15.5. The summed E-state index contributed by atoms with van der Waals surface area (Å²) in [4.78, 5) is 0. The van der Waals surface area contributed by atoms with Gasteiger partial charge < -0.3 is 11.1 Å². The first kappa shape index (κ1) is 17.5. The molecule has 0 fully saturated rings. The molecule has 3 N–H and O–H groups in total. The van der Waals surface area contributed by atoms with Crippen LogP contribution in [0.1, 0.15) is 84.5 Å². The fraction of sp³-hybridized carbons (Fsp3) is 0.875. The van der Waals surface area contributed by atoms with Crippen LogP contribution in [0.25, 0.3) is 0 Å². The molecule has 2 heteroatoms. The van der Waals surface area contributed by atoms with Crippen LogP contribution in [0, 0.1) is 0 Å². The van der Waals surface area contributed by atoms with Gasteiger partial charge in [-0.2, -0.15) is 0 Å². The first-order valence-electron chi connectivity index (χ1n) is 7.94. The van der Waals surface area contributed by atoms with E-state index in [4.69, 9.17) is 5.73 Å². The molecule has 0 saturated carbocycles. The van der Waals surface area contributed by atoms with Crippen molar-refractivity contribution in [2.45, 2.75) is 90.6 Å². The number of allylic oxidation sites excluding steroid dienone is 1. The third-order valence-electron chi connectivity index (χ3n) is 3.20. The molecule has 2 nitrogen and oxygen atoms in total. The standard InChI is InChI=1S/C16H34N2/c1-3-4-5-6-7-8-9-10-11-12-13-14-15-18-16(2)17/h14-16,18H,3-13,17H2,1-2H3. The summed E-state index contributed by atoms with van der Waals surface area (Å²) in [5.74, 6) is 0. The zero-order valence-corrected chi connectivity index (χ0v) is 12.6. The third-order valence-corrected chi connectivity index (χ3v) is 3.20. The Kier molecular flexibility index (Phi) is 14.2. The molecule has 0 radical (unpaired) electrons. The maximum absolute atomic E-state index is 5.57. The lowest BCUT2D eigenvalue weighted by molar-refractivity contribution is 0.557. The summed E-state index contributed by atoms with van der Waals surface area (Å²) >= 11 is 0. The molecule has 0 rings (SSSR count). The van der Waals surface area contributed by atoms with Crippen LogP contribution >= 0.6 is 0 Å². The summed E-state index contributed by atoms with van der Waals surface area (Å²) in [6, 6.07) is 0. The van der Waals surface area contributed by atoms with E-state index in [0.717, 1.165) is 0 Å². The summed E-state index contributed by atoms with van der Waals surface area (Å²) in [5.41, 5.74) is 5.57. The molecule has 0 aliphatic rings. The molecule has 0 aliphatic carbocycles. The largest absolute Gasteiger partial charge is 0.376 e. The maximum Gasteiger partial charge on any atom is 0.0709 e. The molecule has 0 aromatic carbocycles. The Balaban J connectivity index is 3.01. The average Bonchev–Trinajstić information content (AvgIpc) is 2.34. The Bertz CT molecular complexity index is 176.